The molecule has 1 aliphatic rings. The number of amides is 1. The summed E-state index contributed by atoms with van der Waals surface area (Å²) in [6.07, 6.45) is 6.61. The van der Waals surface area contributed by atoms with Gasteiger partial charge in [0.2, 0.25) is 5.91 Å². The largest absolute Gasteiger partial charge is 0.351 e. The molecule has 6 nitrogen and oxygen atoms in total. The molecule has 0 saturated heterocycles. The van der Waals surface area contributed by atoms with Crippen LogP contribution in [-0.4, -0.2) is 28.6 Å². The minimum Gasteiger partial charge on any atom is -0.351 e. The summed E-state index contributed by atoms with van der Waals surface area (Å²) >= 11 is 0. The zero-order valence-corrected chi connectivity index (χ0v) is 19.0. The summed E-state index contributed by atoms with van der Waals surface area (Å²) in [7, 11) is -3.90. The van der Waals surface area contributed by atoms with Crippen LogP contribution in [0.1, 0.15) is 42.4 Å². The van der Waals surface area contributed by atoms with E-state index in [9.17, 15) is 17.6 Å². The number of halogens is 1. The third-order valence-electron chi connectivity index (χ3n) is 6.22. The normalized spacial score (nSPS) is 15.6. The molecule has 1 fully saturated rings. The van der Waals surface area contributed by atoms with E-state index < -0.39 is 26.3 Å². The van der Waals surface area contributed by atoms with E-state index in [1.54, 1.807) is 48.1 Å². The van der Waals surface area contributed by atoms with Gasteiger partial charge in [0.05, 0.1) is 16.9 Å². The van der Waals surface area contributed by atoms with Crippen molar-refractivity contribution in [2.75, 3.05) is 0 Å². The summed E-state index contributed by atoms with van der Waals surface area (Å²) in [4.78, 5) is 17.4. The van der Waals surface area contributed by atoms with Gasteiger partial charge in [-0.3, -0.25) is 4.79 Å². The first kappa shape index (κ1) is 22.2. The van der Waals surface area contributed by atoms with Gasteiger partial charge in [0, 0.05) is 18.9 Å². The van der Waals surface area contributed by atoms with Crippen molar-refractivity contribution in [3.05, 3.63) is 77.6 Å². The maximum atomic E-state index is 14.5. The molecule has 0 aliphatic heterocycles. The molecule has 1 N–H and O–H groups in total. The summed E-state index contributed by atoms with van der Waals surface area (Å²) in [5, 5.41) is 2.77. The quantitative estimate of drug-likeness (QED) is 0.609. The highest BCUT2D eigenvalue weighted by Crippen LogP contribution is 2.41. The van der Waals surface area contributed by atoms with Crippen LogP contribution in [0.3, 0.4) is 0 Å². The minimum absolute atomic E-state index is 0.0457. The van der Waals surface area contributed by atoms with Crippen LogP contribution in [0.2, 0.25) is 0 Å². The predicted octanol–water partition coefficient (Wildman–Crippen LogP) is 4.03. The van der Waals surface area contributed by atoms with E-state index in [1.165, 1.54) is 12.4 Å². The Morgan fingerprint density at radius 3 is 2.56 bits per heavy atom. The molecule has 1 heterocycles. The molecule has 1 aliphatic carbocycles. The number of nitrogens with zero attached hydrogens (tertiary/aromatic N) is 2. The Kier molecular flexibility index (Phi) is 5.90. The van der Waals surface area contributed by atoms with E-state index in [0.29, 0.717) is 29.7 Å². The average Bonchev–Trinajstić information content (AvgIpc) is 3.47. The van der Waals surface area contributed by atoms with E-state index in [4.69, 9.17) is 0 Å². The number of sulfone groups is 1. The summed E-state index contributed by atoms with van der Waals surface area (Å²) in [5.41, 5.74) is 2.36. The fourth-order valence-corrected chi connectivity index (χ4v) is 6.78. The monoisotopic (exact) mass is 455 g/mol. The lowest BCUT2D eigenvalue weighted by atomic mass is 10.1. The van der Waals surface area contributed by atoms with Crippen LogP contribution in [0.4, 0.5) is 4.39 Å². The molecular formula is C24H26FN3O3S. The SMILES string of the molecule is Cc1ccc(C)c(S(=O)(=O)C2(C(=O)NCc3ccc(-n4ccnc4)c(F)c3)CCCC2)c1. The summed E-state index contributed by atoms with van der Waals surface area (Å²) in [5.74, 6) is -0.969. The Morgan fingerprint density at radius 1 is 1.16 bits per heavy atom. The lowest BCUT2D eigenvalue weighted by Crippen LogP contribution is -2.50. The van der Waals surface area contributed by atoms with Crippen LogP contribution in [0.25, 0.3) is 5.69 Å². The molecule has 32 heavy (non-hydrogen) atoms. The highest BCUT2D eigenvalue weighted by atomic mass is 32.2. The van der Waals surface area contributed by atoms with Gasteiger partial charge in [0.1, 0.15) is 5.82 Å². The number of carbonyl (C=O) groups is 1. The van der Waals surface area contributed by atoms with Crippen LogP contribution >= 0.6 is 0 Å². The van der Waals surface area contributed by atoms with E-state index >= 15 is 0 Å². The van der Waals surface area contributed by atoms with Crippen molar-refractivity contribution >= 4 is 15.7 Å². The molecule has 0 radical (unpaired) electrons. The summed E-state index contributed by atoms with van der Waals surface area (Å²) in [6, 6.07) is 9.93. The van der Waals surface area contributed by atoms with Crippen molar-refractivity contribution in [2.24, 2.45) is 0 Å². The van der Waals surface area contributed by atoms with Crippen LogP contribution in [-0.2, 0) is 21.2 Å². The maximum absolute atomic E-state index is 14.5. The first-order valence-corrected chi connectivity index (χ1v) is 12.1. The molecule has 0 spiro atoms. The van der Waals surface area contributed by atoms with E-state index in [1.807, 2.05) is 13.0 Å². The highest BCUT2D eigenvalue weighted by Gasteiger charge is 2.53. The Hall–Kier alpha value is -3.00. The molecular weight excluding hydrogens is 429 g/mol. The maximum Gasteiger partial charge on any atom is 0.242 e. The smallest absolute Gasteiger partial charge is 0.242 e. The fourth-order valence-electron chi connectivity index (χ4n) is 4.39. The first-order valence-electron chi connectivity index (χ1n) is 10.6. The zero-order valence-electron chi connectivity index (χ0n) is 18.1. The van der Waals surface area contributed by atoms with Crippen LogP contribution < -0.4 is 5.32 Å². The number of nitrogens with one attached hydrogen (secondary N) is 1. The number of hydrogen-bond donors (Lipinski definition) is 1. The molecule has 168 valence electrons. The lowest BCUT2D eigenvalue weighted by Gasteiger charge is -2.28. The molecule has 4 rings (SSSR count). The number of aryl methyl sites for hydroxylation is 2. The molecule has 1 aromatic heterocycles. The Morgan fingerprint density at radius 2 is 1.91 bits per heavy atom. The Bertz CT molecular complexity index is 1250. The van der Waals surface area contributed by atoms with Crippen LogP contribution in [0.15, 0.2) is 60.0 Å². The van der Waals surface area contributed by atoms with Crippen molar-refractivity contribution in [1.29, 1.82) is 0 Å². The van der Waals surface area contributed by atoms with Crippen molar-refractivity contribution < 1.29 is 17.6 Å². The highest BCUT2D eigenvalue weighted by molar-refractivity contribution is 7.93. The number of hydrogen-bond acceptors (Lipinski definition) is 4. The van der Waals surface area contributed by atoms with E-state index in [-0.39, 0.29) is 24.3 Å². The Balaban J connectivity index is 1.58. The zero-order chi connectivity index (χ0) is 22.9. The van der Waals surface area contributed by atoms with Gasteiger partial charge in [-0.15, -0.1) is 0 Å². The number of carbonyl (C=O) groups excluding carboxylic acids is 1. The molecule has 1 saturated carbocycles. The molecule has 0 bridgehead atoms. The number of benzene rings is 2. The average molecular weight is 456 g/mol. The topological polar surface area (TPSA) is 81.1 Å². The molecule has 0 atom stereocenters. The molecule has 3 aromatic rings. The third kappa shape index (κ3) is 3.83. The second-order valence-electron chi connectivity index (χ2n) is 8.41. The van der Waals surface area contributed by atoms with Gasteiger partial charge in [-0.1, -0.05) is 31.0 Å². The van der Waals surface area contributed by atoms with Gasteiger partial charge in [0.25, 0.3) is 0 Å². The van der Waals surface area contributed by atoms with Crippen LogP contribution in [0.5, 0.6) is 0 Å². The van der Waals surface area contributed by atoms with Gasteiger partial charge in [-0.25, -0.2) is 17.8 Å². The number of imidazole rings is 1. The third-order valence-corrected chi connectivity index (χ3v) is 8.86. The molecule has 8 heteroatoms. The molecule has 0 unspecified atom stereocenters. The predicted molar refractivity (Wildman–Crippen MR) is 120 cm³/mol. The molecule has 2 aromatic carbocycles. The summed E-state index contributed by atoms with van der Waals surface area (Å²) in [6.45, 7) is 3.63. The fraction of sp³-hybridized carbons (Fsp3) is 0.333. The van der Waals surface area contributed by atoms with Gasteiger partial charge in [-0.05, 0) is 61.6 Å². The van der Waals surface area contributed by atoms with Crippen LogP contribution in [0, 0.1) is 19.7 Å². The van der Waals surface area contributed by atoms with Gasteiger partial charge in [-0.2, -0.15) is 0 Å². The van der Waals surface area contributed by atoms with Crippen molar-refractivity contribution in [2.45, 2.75) is 55.7 Å². The van der Waals surface area contributed by atoms with Gasteiger partial charge in [0.15, 0.2) is 14.6 Å². The first-order chi connectivity index (χ1) is 15.2. The van der Waals surface area contributed by atoms with Crippen molar-refractivity contribution in [3.63, 3.8) is 0 Å². The van der Waals surface area contributed by atoms with E-state index in [0.717, 1.165) is 5.56 Å². The lowest BCUT2D eigenvalue weighted by molar-refractivity contribution is -0.123. The standard InChI is InChI=1S/C24H26FN3O3S/c1-17-5-6-18(2)22(13-17)32(30,31)24(9-3-4-10-24)23(29)27-15-19-7-8-21(20(25)14-19)28-12-11-26-16-28/h5-8,11-14,16H,3-4,9-10,15H2,1-2H3,(H,27,29). The minimum atomic E-state index is -3.90. The van der Waals surface area contributed by atoms with E-state index in [2.05, 4.69) is 10.3 Å². The van der Waals surface area contributed by atoms with Crippen molar-refractivity contribution in [1.82, 2.24) is 14.9 Å². The Labute approximate surface area is 187 Å². The second-order valence-corrected chi connectivity index (χ2v) is 10.6. The van der Waals surface area contributed by atoms with Crippen molar-refractivity contribution in [3.8, 4) is 5.69 Å². The molecule has 1 amide bonds. The number of aromatic nitrogens is 2. The van der Waals surface area contributed by atoms with Gasteiger partial charge < -0.3 is 9.88 Å². The second kappa shape index (κ2) is 8.50. The summed E-state index contributed by atoms with van der Waals surface area (Å²) < 4.78 is 42.0. The number of rotatable bonds is 6. The van der Waals surface area contributed by atoms with Gasteiger partial charge >= 0.3 is 0 Å².